The minimum Gasteiger partial charge on any atom is -0.484 e. The Morgan fingerprint density at radius 3 is 2.92 bits per heavy atom. The molecule has 1 aliphatic carbocycles. The molecule has 1 fully saturated rings. The molecule has 1 aromatic carbocycles. The van der Waals surface area contributed by atoms with Gasteiger partial charge >= 0.3 is 0 Å². The molecule has 146 valence electrons. The molecule has 2 unspecified atom stereocenters. The molecule has 6 nitrogen and oxygen atoms in total. The van der Waals surface area contributed by atoms with Crippen molar-refractivity contribution in [3.8, 4) is 5.75 Å². The standard InChI is InChI=1S/C18H28N4O2S.HI/c1-20-18(22-14-6-4-8-16(10-14)25-2)21-11-13-5-3-7-15(9-13)24-12-17(19)23;/h3,5,7,9,14,16H,4,6,8,10-12H2,1-2H3,(H2,19,23)(H2,20,21,22);1H. The molecule has 26 heavy (non-hydrogen) atoms. The van der Waals surface area contributed by atoms with Gasteiger partial charge in [-0.05, 0) is 43.2 Å². The molecule has 0 heterocycles. The van der Waals surface area contributed by atoms with E-state index < -0.39 is 5.91 Å². The van der Waals surface area contributed by atoms with Gasteiger partial charge in [-0.2, -0.15) is 11.8 Å². The highest BCUT2D eigenvalue weighted by atomic mass is 127. The van der Waals surface area contributed by atoms with E-state index in [1.54, 1.807) is 7.05 Å². The number of nitrogens with one attached hydrogen (secondary N) is 2. The number of carbonyl (C=O) groups excluding carboxylic acids is 1. The molecule has 0 bridgehead atoms. The van der Waals surface area contributed by atoms with Gasteiger partial charge in [0.25, 0.3) is 5.91 Å². The number of carbonyl (C=O) groups is 1. The van der Waals surface area contributed by atoms with Crippen LogP contribution in [0.15, 0.2) is 29.3 Å². The number of rotatable bonds is 7. The fourth-order valence-electron chi connectivity index (χ4n) is 2.96. The second-order valence-electron chi connectivity index (χ2n) is 6.19. The van der Waals surface area contributed by atoms with E-state index in [0.29, 0.717) is 18.3 Å². The number of guanidine groups is 1. The van der Waals surface area contributed by atoms with Gasteiger partial charge < -0.3 is 21.1 Å². The minimum absolute atomic E-state index is 0. The van der Waals surface area contributed by atoms with Gasteiger partial charge in [-0.3, -0.25) is 9.79 Å². The molecule has 0 aliphatic heterocycles. The van der Waals surface area contributed by atoms with Crippen molar-refractivity contribution in [3.63, 3.8) is 0 Å². The van der Waals surface area contributed by atoms with Crippen LogP contribution in [-0.2, 0) is 11.3 Å². The topological polar surface area (TPSA) is 88.7 Å². The summed E-state index contributed by atoms with van der Waals surface area (Å²) < 4.78 is 5.34. The highest BCUT2D eigenvalue weighted by Gasteiger charge is 2.21. The zero-order valence-electron chi connectivity index (χ0n) is 15.4. The highest BCUT2D eigenvalue weighted by Crippen LogP contribution is 2.26. The maximum Gasteiger partial charge on any atom is 0.255 e. The van der Waals surface area contributed by atoms with Crippen molar-refractivity contribution in [1.29, 1.82) is 0 Å². The quantitative estimate of drug-likeness (QED) is 0.309. The van der Waals surface area contributed by atoms with Gasteiger partial charge in [0, 0.05) is 24.9 Å². The second-order valence-corrected chi connectivity index (χ2v) is 7.33. The van der Waals surface area contributed by atoms with Crippen molar-refractivity contribution >= 4 is 47.6 Å². The number of thioether (sulfide) groups is 1. The summed E-state index contributed by atoms with van der Waals surface area (Å²) in [5.41, 5.74) is 6.15. The normalized spacial score (nSPS) is 20.0. The Kier molecular flexibility index (Phi) is 10.8. The average molecular weight is 492 g/mol. The Labute approximate surface area is 177 Å². The smallest absolute Gasteiger partial charge is 0.255 e. The number of amides is 1. The van der Waals surface area contributed by atoms with E-state index in [2.05, 4.69) is 21.9 Å². The highest BCUT2D eigenvalue weighted by molar-refractivity contribution is 14.0. The molecule has 8 heteroatoms. The molecular weight excluding hydrogens is 463 g/mol. The lowest BCUT2D eigenvalue weighted by Gasteiger charge is -2.29. The maximum absolute atomic E-state index is 10.8. The molecule has 4 N–H and O–H groups in total. The van der Waals surface area contributed by atoms with Crippen LogP contribution in [-0.4, -0.2) is 43.1 Å². The van der Waals surface area contributed by atoms with E-state index in [1.165, 1.54) is 25.7 Å². The summed E-state index contributed by atoms with van der Waals surface area (Å²) in [6, 6.07) is 8.08. The lowest BCUT2D eigenvalue weighted by molar-refractivity contribution is -0.119. The molecule has 0 radical (unpaired) electrons. The lowest BCUT2D eigenvalue weighted by atomic mass is 9.95. The number of halogens is 1. The molecule has 1 aliphatic rings. The summed E-state index contributed by atoms with van der Waals surface area (Å²) in [6.45, 7) is 0.518. The fraction of sp³-hybridized carbons (Fsp3) is 0.556. The van der Waals surface area contributed by atoms with Crippen molar-refractivity contribution in [1.82, 2.24) is 10.6 Å². The van der Waals surface area contributed by atoms with E-state index in [1.807, 2.05) is 36.0 Å². The van der Waals surface area contributed by atoms with Crippen LogP contribution in [0.5, 0.6) is 5.75 Å². The number of benzene rings is 1. The summed E-state index contributed by atoms with van der Waals surface area (Å²) in [5, 5.41) is 7.61. The van der Waals surface area contributed by atoms with Crippen molar-refractivity contribution < 1.29 is 9.53 Å². The van der Waals surface area contributed by atoms with Crippen LogP contribution in [0.4, 0.5) is 0 Å². The van der Waals surface area contributed by atoms with E-state index in [0.717, 1.165) is 16.8 Å². The SMILES string of the molecule is CN=C(NCc1cccc(OCC(N)=O)c1)NC1CCCC(SC)C1.I. The summed E-state index contributed by atoms with van der Waals surface area (Å²) in [7, 11) is 1.79. The molecule has 2 rings (SSSR count). The van der Waals surface area contributed by atoms with Crippen LogP contribution < -0.4 is 21.1 Å². The molecule has 1 amide bonds. The monoisotopic (exact) mass is 492 g/mol. The van der Waals surface area contributed by atoms with E-state index in [-0.39, 0.29) is 30.6 Å². The molecule has 0 aromatic heterocycles. The van der Waals surface area contributed by atoms with Crippen molar-refractivity contribution in [2.24, 2.45) is 10.7 Å². The molecular formula is C18H29IN4O2S. The van der Waals surface area contributed by atoms with Gasteiger partial charge in [0.1, 0.15) is 5.75 Å². The maximum atomic E-state index is 10.8. The molecule has 1 aromatic rings. The Balaban J connectivity index is 0.00000338. The molecule has 2 atom stereocenters. The zero-order valence-corrected chi connectivity index (χ0v) is 18.5. The largest absolute Gasteiger partial charge is 0.484 e. The molecule has 0 spiro atoms. The number of ether oxygens (including phenoxy) is 1. The average Bonchev–Trinajstić information content (AvgIpc) is 2.64. The van der Waals surface area contributed by atoms with Crippen LogP contribution in [0.25, 0.3) is 0 Å². The lowest BCUT2D eigenvalue weighted by Crippen LogP contribution is -2.45. The van der Waals surface area contributed by atoms with Gasteiger partial charge in [-0.25, -0.2) is 0 Å². The van der Waals surface area contributed by atoms with Gasteiger partial charge in [0.2, 0.25) is 0 Å². The molecule has 0 saturated heterocycles. The Hall–Kier alpha value is -1.16. The Bertz CT molecular complexity index is 600. The van der Waals surface area contributed by atoms with Gasteiger partial charge in [-0.1, -0.05) is 18.6 Å². The third-order valence-electron chi connectivity index (χ3n) is 4.26. The Morgan fingerprint density at radius 1 is 1.42 bits per heavy atom. The van der Waals surface area contributed by atoms with Crippen LogP contribution in [0.3, 0.4) is 0 Å². The third-order valence-corrected chi connectivity index (χ3v) is 5.36. The van der Waals surface area contributed by atoms with E-state index >= 15 is 0 Å². The fourth-order valence-corrected chi connectivity index (χ4v) is 3.79. The first-order chi connectivity index (χ1) is 12.1. The third kappa shape index (κ3) is 8.03. The van der Waals surface area contributed by atoms with Crippen LogP contribution in [0, 0.1) is 0 Å². The number of hydrogen-bond donors (Lipinski definition) is 3. The number of nitrogens with zero attached hydrogens (tertiary/aromatic N) is 1. The van der Waals surface area contributed by atoms with Crippen molar-refractivity contribution in [3.05, 3.63) is 29.8 Å². The van der Waals surface area contributed by atoms with Crippen LogP contribution in [0.2, 0.25) is 0 Å². The number of hydrogen-bond acceptors (Lipinski definition) is 4. The predicted octanol–water partition coefficient (Wildman–Crippen LogP) is 2.51. The predicted molar refractivity (Wildman–Crippen MR) is 119 cm³/mol. The van der Waals surface area contributed by atoms with Crippen LogP contribution >= 0.6 is 35.7 Å². The number of primary amides is 1. The van der Waals surface area contributed by atoms with E-state index in [9.17, 15) is 4.79 Å². The number of nitrogens with two attached hydrogens (primary N) is 1. The summed E-state index contributed by atoms with van der Waals surface area (Å²) in [4.78, 5) is 15.1. The first kappa shape index (κ1) is 22.9. The second kappa shape index (κ2) is 12.3. The van der Waals surface area contributed by atoms with Gasteiger partial charge in [-0.15, -0.1) is 24.0 Å². The number of aliphatic imine (C=N–C) groups is 1. The zero-order chi connectivity index (χ0) is 18.1. The van der Waals surface area contributed by atoms with Gasteiger partial charge in [0.15, 0.2) is 12.6 Å². The van der Waals surface area contributed by atoms with E-state index in [4.69, 9.17) is 10.5 Å². The molecule has 1 saturated carbocycles. The van der Waals surface area contributed by atoms with Crippen molar-refractivity contribution in [2.75, 3.05) is 19.9 Å². The van der Waals surface area contributed by atoms with Gasteiger partial charge in [0.05, 0.1) is 0 Å². The van der Waals surface area contributed by atoms with Crippen LogP contribution in [0.1, 0.15) is 31.2 Å². The first-order valence-corrected chi connectivity index (χ1v) is 9.89. The minimum atomic E-state index is -0.482. The first-order valence-electron chi connectivity index (χ1n) is 8.60. The Morgan fingerprint density at radius 2 is 2.23 bits per heavy atom. The summed E-state index contributed by atoms with van der Waals surface area (Å²) in [6.07, 6.45) is 7.13. The summed E-state index contributed by atoms with van der Waals surface area (Å²) >= 11 is 1.96. The summed E-state index contributed by atoms with van der Waals surface area (Å²) in [5.74, 6) is 0.968. The van der Waals surface area contributed by atoms with Crippen molar-refractivity contribution in [2.45, 2.75) is 43.5 Å².